The Kier molecular flexibility index (Phi) is 4.68. The first-order valence-electron chi connectivity index (χ1n) is 5.99. The molecule has 0 spiro atoms. The van der Waals surface area contributed by atoms with Gasteiger partial charge < -0.3 is 10.1 Å². The van der Waals surface area contributed by atoms with Gasteiger partial charge in [-0.2, -0.15) is 4.98 Å². The lowest BCUT2D eigenvalue weighted by molar-refractivity contribution is 0.422. The maximum atomic E-state index is 13.5. The monoisotopic (exact) mass is 299 g/mol. The summed E-state index contributed by atoms with van der Waals surface area (Å²) in [7, 11) is 0. The largest absolute Gasteiger partial charge is 0.434 e. The van der Waals surface area contributed by atoms with Gasteiger partial charge in [0.2, 0.25) is 11.8 Å². The lowest BCUT2D eigenvalue weighted by Gasteiger charge is -2.09. The van der Waals surface area contributed by atoms with Crippen molar-refractivity contribution in [2.24, 2.45) is 0 Å². The van der Waals surface area contributed by atoms with Crippen LogP contribution in [0.15, 0.2) is 24.4 Å². The molecule has 0 aliphatic carbocycles. The number of halogens is 3. The first kappa shape index (κ1) is 14.5. The van der Waals surface area contributed by atoms with Crippen LogP contribution in [0.3, 0.4) is 0 Å². The van der Waals surface area contributed by atoms with Crippen molar-refractivity contribution in [3.8, 4) is 11.6 Å². The number of nitrogens with zero attached hydrogens (tertiary/aromatic N) is 2. The normalized spacial score (nSPS) is 10.4. The van der Waals surface area contributed by atoms with E-state index in [2.05, 4.69) is 15.3 Å². The van der Waals surface area contributed by atoms with E-state index in [0.29, 0.717) is 12.5 Å². The summed E-state index contributed by atoms with van der Waals surface area (Å²) in [5, 5.41) is 3.05. The molecule has 2 aromatic rings. The fourth-order valence-corrected chi connectivity index (χ4v) is 1.53. The molecule has 1 aromatic carbocycles. The lowest BCUT2D eigenvalue weighted by Crippen LogP contribution is -2.05. The number of hydrogen-bond donors (Lipinski definition) is 1. The molecule has 0 unspecified atom stereocenters. The molecule has 0 atom stereocenters. The molecular weight excluding hydrogens is 288 g/mol. The van der Waals surface area contributed by atoms with Crippen LogP contribution in [0.2, 0.25) is 5.02 Å². The van der Waals surface area contributed by atoms with Crippen molar-refractivity contribution in [3.63, 3.8) is 0 Å². The first-order valence-corrected chi connectivity index (χ1v) is 6.37. The van der Waals surface area contributed by atoms with E-state index in [1.807, 2.05) is 6.92 Å². The predicted octanol–water partition coefficient (Wildman–Crippen LogP) is 4.02. The second kappa shape index (κ2) is 6.47. The molecule has 4 nitrogen and oxygen atoms in total. The van der Waals surface area contributed by atoms with Crippen molar-refractivity contribution in [3.05, 3.63) is 41.1 Å². The van der Waals surface area contributed by atoms with Gasteiger partial charge in [0.15, 0.2) is 11.6 Å². The van der Waals surface area contributed by atoms with E-state index in [0.717, 1.165) is 24.6 Å². The number of hydrogen-bond acceptors (Lipinski definition) is 4. The molecule has 1 aromatic heterocycles. The van der Waals surface area contributed by atoms with Gasteiger partial charge in [0.1, 0.15) is 10.8 Å². The summed E-state index contributed by atoms with van der Waals surface area (Å²) in [5.41, 5.74) is 0. The topological polar surface area (TPSA) is 47.0 Å². The smallest absolute Gasteiger partial charge is 0.243 e. The minimum absolute atomic E-state index is 0.0373. The number of benzene rings is 1. The Morgan fingerprint density at radius 2 is 2.15 bits per heavy atom. The van der Waals surface area contributed by atoms with Gasteiger partial charge in [-0.1, -0.05) is 18.5 Å². The molecule has 0 saturated heterocycles. The Balaban J connectivity index is 2.25. The molecule has 0 aliphatic rings. The maximum Gasteiger partial charge on any atom is 0.243 e. The number of aromatic nitrogens is 2. The van der Waals surface area contributed by atoms with Gasteiger partial charge in [-0.25, -0.2) is 13.8 Å². The van der Waals surface area contributed by atoms with Gasteiger partial charge in [0, 0.05) is 12.6 Å². The standard InChI is InChI=1S/C13H12ClF2N3O/c1-2-5-17-13-18-7-9(14)12(19-13)20-11-6-8(15)3-4-10(11)16/h3-4,6-7H,2,5H2,1H3,(H,17,18,19). The van der Waals surface area contributed by atoms with E-state index >= 15 is 0 Å². The van der Waals surface area contributed by atoms with Crippen molar-refractivity contribution in [2.75, 3.05) is 11.9 Å². The van der Waals surface area contributed by atoms with E-state index < -0.39 is 11.6 Å². The van der Waals surface area contributed by atoms with Gasteiger partial charge in [-0.3, -0.25) is 0 Å². The average Bonchev–Trinajstić information content (AvgIpc) is 2.43. The number of rotatable bonds is 5. The van der Waals surface area contributed by atoms with Crippen molar-refractivity contribution < 1.29 is 13.5 Å². The fraction of sp³-hybridized carbons (Fsp3) is 0.231. The van der Waals surface area contributed by atoms with E-state index in [-0.39, 0.29) is 16.7 Å². The summed E-state index contributed by atoms with van der Waals surface area (Å²) in [5.74, 6) is -1.33. The molecule has 1 heterocycles. The lowest BCUT2D eigenvalue weighted by atomic mass is 10.3. The molecule has 20 heavy (non-hydrogen) atoms. The fourth-order valence-electron chi connectivity index (χ4n) is 1.40. The Bertz CT molecular complexity index is 610. The molecule has 2 rings (SSSR count). The summed E-state index contributed by atoms with van der Waals surface area (Å²) >= 11 is 5.88. The molecule has 0 saturated carbocycles. The van der Waals surface area contributed by atoms with E-state index in [9.17, 15) is 8.78 Å². The summed E-state index contributed by atoms with van der Waals surface area (Å²) in [6, 6.07) is 2.89. The summed E-state index contributed by atoms with van der Waals surface area (Å²) in [6.45, 7) is 2.66. The molecular formula is C13H12ClF2N3O. The molecule has 106 valence electrons. The van der Waals surface area contributed by atoms with Gasteiger partial charge in [0.05, 0.1) is 6.20 Å². The first-order chi connectivity index (χ1) is 9.60. The zero-order valence-electron chi connectivity index (χ0n) is 10.7. The summed E-state index contributed by atoms with van der Waals surface area (Å²) in [6.07, 6.45) is 2.22. The maximum absolute atomic E-state index is 13.5. The second-order valence-corrected chi connectivity index (χ2v) is 4.36. The number of ether oxygens (including phenoxy) is 1. The zero-order chi connectivity index (χ0) is 14.5. The molecule has 1 N–H and O–H groups in total. The third kappa shape index (κ3) is 3.54. The van der Waals surface area contributed by atoms with Crippen LogP contribution in [0, 0.1) is 11.6 Å². The van der Waals surface area contributed by atoms with Crippen LogP contribution >= 0.6 is 11.6 Å². The Hall–Kier alpha value is -1.95. The molecule has 0 aliphatic heterocycles. The van der Waals surface area contributed by atoms with Gasteiger partial charge in [0.25, 0.3) is 0 Å². The van der Waals surface area contributed by atoms with Crippen LogP contribution in [0.5, 0.6) is 11.6 Å². The Morgan fingerprint density at radius 1 is 1.35 bits per heavy atom. The Labute approximate surface area is 119 Å². The van der Waals surface area contributed by atoms with Crippen LogP contribution in [0.1, 0.15) is 13.3 Å². The van der Waals surface area contributed by atoms with Gasteiger partial charge in [-0.15, -0.1) is 0 Å². The Morgan fingerprint density at radius 3 is 2.90 bits per heavy atom. The minimum atomic E-state index is -0.704. The third-order valence-corrected chi connectivity index (χ3v) is 2.60. The molecule has 0 fully saturated rings. The van der Waals surface area contributed by atoms with Crippen molar-refractivity contribution in [1.82, 2.24) is 9.97 Å². The highest BCUT2D eigenvalue weighted by atomic mass is 35.5. The van der Waals surface area contributed by atoms with Crippen LogP contribution in [0.25, 0.3) is 0 Å². The average molecular weight is 300 g/mol. The van der Waals surface area contributed by atoms with Crippen LogP contribution < -0.4 is 10.1 Å². The number of nitrogens with one attached hydrogen (secondary N) is 1. The van der Waals surface area contributed by atoms with Gasteiger partial charge in [-0.05, 0) is 18.6 Å². The molecule has 0 bridgehead atoms. The van der Waals surface area contributed by atoms with E-state index in [1.165, 1.54) is 6.20 Å². The van der Waals surface area contributed by atoms with Crippen molar-refractivity contribution >= 4 is 17.5 Å². The van der Waals surface area contributed by atoms with Crippen molar-refractivity contribution in [2.45, 2.75) is 13.3 Å². The second-order valence-electron chi connectivity index (χ2n) is 3.95. The van der Waals surface area contributed by atoms with Crippen LogP contribution in [0.4, 0.5) is 14.7 Å². The summed E-state index contributed by atoms with van der Waals surface area (Å²) < 4.78 is 31.8. The SMILES string of the molecule is CCCNc1ncc(Cl)c(Oc2cc(F)ccc2F)n1. The number of anilines is 1. The minimum Gasteiger partial charge on any atom is -0.434 e. The highest BCUT2D eigenvalue weighted by Gasteiger charge is 2.12. The highest BCUT2D eigenvalue weighted by molar-refractivity contribution is 6.31. The quantitative estimate of drug-likeness (QED) is 0.905. The zero-order valence-corrected chi connectivity index (χ0v) is 11.4. The third-order valence-electron chi connectivity index (χ3n) is 2.34. The van der Waals surface area contributed by atoms with E-state index in [4.69, 9.17) is 16.3 Å². The van der Waals surface area contributed by atoms with Crippen molar-refractivity contribution in [1.29, 1.82) is 0 Å². The summed E-state index contributed by atoms with van der Waals surface area (Å²) in [4.78, 5) is 7.97. The molecule has 0 radical (unpaired) electrons. The van der Waals surface area contributed by atoms with Gasteiger partial charge >= 0.3 is 0 Å². The van der Waals surface area contributed by atoms with E-state index in [1.54, 1.807) is 0 Å². The highest BCUT2D eigenvalue weighted by Crippen LogP contribution is 2.29. The molecule has 0 amide bonds. The van der Waals surface area contributed by atoms with Crippen LogP contribution in [-0.4, -0.2) is 16.5 Å². The molecule has 7 heteroatoms. The predicted molar refractivity (Wildman–Crippen MR) is 72.3 cm³/mol. The van der Waals surface area contributed by atoms with Crippen LogP contribution in [-0.2, 0) is 0 Å².